The molecule has 0 aliphatic carbocycles. The Balaban J connectivity index is 1.60. The van der Waals surface area contributed by atoms with Crippen LogP contribution in [0.15, 0.2) is 23.2 Å². The van der Waals surface area contributed by atoms with Crippen molar-refractivity contribution in [2.24, 2.45) is 4.99 Å². The van der Waals surface area contributed by atoms with Gasteiger partial charge in [0, 0.05) is 44.8 Å². The van der Waals surface area contributed by atoms with Crippen LogP contribution in [-0.2, 0) is 4.79 Å². The summed E-state index contributed by atoms with van der Waals surface area (Å²) in [5, 5.41) is 17.7. The van der Waals surface area contributed by atoms with E-state index in [4.69, 9.17) is 5.11 Å². The number of amides is 1. The van der Waals surface area contributed by atoms with Crippen molar-refractivity contribution in [1.29, 1.82) is 0 Å². The summed E-state index contributed by atoms with van der Waals surface area (Å²) < 4.78 is 14.8. The van der Waals surface area contributed by atoms with Gasteiger partial charge in [0.25, 0.3) is 5.91 Å². The quantitative estimate of drug-likeness (QED) is 0.474. The second-order valence-electron chi connectivity index (χ2n) is 7.31. The highest BCUT2D eigenvalue weighted by molar-refractivity contribution is 5.95. The molecule has 1 amide bonds. The molecule has 164 valence electrons. The minimum absolute atomic E-state index is 0.156. The van der Waals surface area contributed by atoms with Gasteiger partial charge in [-0.3, -0.25) is 19.9 Å². The van der Waals surface area contributed by atoms with Gasteiger partial charge in [-0.1, -0.05) is 6.92 Å². The standard InChI is InChI=1S/C20H29FN6O3/c1-2-22-17(13-18(28)29)25-19(30)14-4-5-16(15(21)12-14)26-8-10-27(11-9-26)20-23-6-3-7-24-20/h4-5,12,17,22H,2-3,6-11,13H2,1H3,(H,23,24)(H,25,30)(H,28,29). The maximum absolute atomic E-state index is 14.8. The molecule has 0 radical (unpaired) electrons. The number of carboxylic acids is 1. The highest BCUT2D eigenvalue weighted by Crippen LogP contribution is 2.22. The maximum atomic E-state index is 14.8. The number of piperazine rings is 1. The molecule has 1 saturated heterocycles. The van der Waals surface area contributed by atoms with Crippen LogP contribution in [0.3, 0.4) is 0 Å². The van der Waals surface area contributed by atoms with E-state index in [2.05, 4.69) is 25.8 Å². The number of nitrogens with zero attached hydrogens (tertiary/aromatic N) is 3. The summed E-state index contributed by atoms with van der Waals surface area (Å²) in [5.74, 6) is -1.09. The number of carboxylic acid groups (broad SMARTS) is 1. The summed E-state index contributed by atoms with van der Waals surface area (Å²) in [7, 11) is 0. The molecule has 9 nitrogen and oxygen atoms in total. The lowest BCUT2D eigenvalue weighted by atomic mass is 10.1. The summed E-state index contributed by atoms with van der Waals surface area (Å²) in [4.78, 5) is 32.0. The number of rotatable bonds is 7. The van der Waals surface area contributed by atoms with Crippen LogP contribution in [0.5, 0.6) is 0 Å². The first-order chi connectivity index (χ1) is 14.5. The average molecular weight is 420 g/mol. The zero-order valence-electron chi connectivity index (χ0n) is 17.2. The number of hydrogen-bond donors (Lipinski definition) is 4. The molecule has 1 atom stereocenters. The molecule has 0 spiro atoms. The number of hydrogen-bond acceptors (Lipinski definition) is 7. The van der Waals surface area contributed by atoms with E-state index in [9.17, 15) is 14.0 Å². The third-order valence-electron chi connectivity index (χ3n) is 5.14. The van der Waals surface area contributed by atoms with Crippen molar-refractivity contribution in [1.82, 2.24) is 20.9 Å². The van der Waals surface area contributed by atoms with Crippen LogP contribution in [0.1, 0.15) is 30.1 Å². The molecular weight excluding hydrogens is 391 g/mol. The van der Waals surface area contributed by atoms with Crippen LogP contribution >= 0.6 is 0 Å². The van der Waals surface area contributed by atoms with Gasteiger partial charge < -0.3 is 25.5 Å². The number of halogens is 1. The number of benzene rings is 1. The van der Waals surface area contributed by atoms with Crippen molar-refractivity contribution in [3.05, 3.63) is 29.6 Å². The van der Waals surface area contributed by atoms with E-state index in [0.717, 1.165) is 38.6 Å². The highest BCUT2D eigenvalue weighted by atomic mass is 19.1. The van der Waals surface area contributed by atoms with Gasteiger partial charge in [-0.25, -0.2) is 4.39 Å². The Morgan fingerprint density at radius 1 is 1.27 bits per heavy atom. The fourth-order valence-electron chi connectivity index (χ4n) is 3.63. The van der Waals surface area contributed by atoms with Gasteiger partial charge >= 0.3 is 5.97 Å². The van der Waals surface area contributed by atoms with E-state index in [0.29, 0.717) is 25.3 Å². The molecule has 3 rings (SSSR count). The summed E-state index contributed by atoms with van der Waals surface area (Å²) in [5.41, 5.74) is 0.613. The normalized spacial score (nSPS) is 17.7. The van der Waals surface area contributed by atoms with Gasteiger partial charge in [0.1, 0.15) is 5.82 Å². The van der Waals surface area contributed by atoms with Gasteiger partial charge in [-0.2, -0.15) is 0 Å². The zero-order valence-corrected chi connectivity index (χ0v) is 17.2. The second-order valence-corrected chi connectivity index (χ2v) is 7.31. The minimum Gasteiger partial charge on any atom is -0.481 e. The molecular formula is C20H29FN6O3. The Kier molecular flexibility index (Phi) is 7.45. The Morgan fingerprint density at radius 3 is 2.60 bits per heavy atom. The number of nitrogens with one attached hydrogen (secondary N) is 3. The minimum atomic E-state index is -1.03. The van der Waals surface area contributed by atoms with Crippen molar-refractivity contribution in [3.63, 3.8) is 0 Å². The van der Waals surface area contributed by atoms with Gasteiger partial charge in [0.05, 0.1) is 18.3 Å². The Labute approximate surface area is 175 Å². The van der Waals surface area contributed by atoms with Crippen LogP contribution < -0.4 is 20.9 Å². The van der Waals surface area contributed by atoms with Gasteiger partial charge in [-0.15, -0.1) is 0 Å². The highest BCUT2D eigenvalue weighted by Gasteiger charge is 2.23. The number of anilines is 1. The molecule has 1 fully saturated rings. The van der Waals surface area contributed by atoms with Crippen molar-refractivity contribution in [3.8, 4) is 0 Å². The van der Waals surface area contributed by atoms with E-state index in [1.165, 1.54) is 6.07 Å². The molecule has 1 aromatic carbocycles. The van der Waals surface area contributed by atoms with Crippen molar-refractivity contribution < 1.29 is 19.1 Å². The average Bonchev–Trinajstić information content (AvgIpc) is 2.74. The molecule has 2 heterocycles. The zero-order chi connectivity index (χ0) is 21.5. The largest absolute Gasteiger partial charge is 0.481 e. The van der Waals surface area contributed by atoms with Crippen LogP contribution in [-0.4, -0.2) is 79.8 Å². The fourth-order valence-corrected chi connectivity index (χ4v) is 3.63. The number of carbonyl (C=O) groups excluding carboxylic acids is 1. The first-order valence-electron chi connectivity index (χ1n) is 10.3. The lowest BCUT2D eigenvalue weighted by Gasteiger charge is -2.38. The van der Waals surface area contributed by atoms with E-state index in [-0.39, 0.29) is 12.0 Å². The van der Waals surface area contributed by atoms with E-state index in [1.807, 2.05) is 11.8 Å². The predicted molar refractivity (Wildman–Crippen MR) is 112 cm³/mol. The summed E-state index contributed by atoms with van der Waals surface area (Å²) in [6.07, 6.45) is 0.0669. The third kappa shape index (κ3) is 5.59. The van der Waals surface area contributed by atoms with Crippen molar-refractivity contribution >= 4 is 23.5 Å². The predicted octanol–water partition coefficient (Wildman–Crippen LogP) is 0.437. The smallest absolute Gasteiger partial charge is 0.306 e. The Hall–Kier alpha value is -2.88. The molecule has 10 heteroatoms. The number of aliphatic carboxylic acids is 1. The molecule has 0 saturated carbocycles. The van der Waals surface area contributed by atoms with Crippen LogP contribution in [0.2, 0.25) is 0 Å². The molecule has 1 aromatic rings. The van der Waals surface area contributed by atoms with Crippen LogP contribution in [0, 0.1) is 5.82 Å². The SMILES string of the molecule is CCNC(CC(=O)O)NC(=O)c1ccc(N2CCN(C3=NCCCN3)CC2)c(F)c1. The first-order valence-corrected chi connectivity index (χ1v) is 10.3. The molecule has 2 aliphatic heterocycles. The van der Waals surface area contributed by atoms with Gasteiger partial charge in [0.2, 0.25) is 0 Å². The van der Waals surface area contributed by atoms with Crippen LogP contribution in [0.25, 0.3) is 0 Å². The summed E-state index contributed by atoms with van der Waals surface area (Å²) in [6, 6.07) is 4.37. The molecule has 1 unspecified atom stereocenters. The second kappa shape index (κ2) is 10.2. The topological polar surface area (TPSA) is 109 Å². The molecule has 0 bridgehead atoms. The van der Waals surface area contributed by atoms with E-state index in [1.54, 1.807) is 12.1 Å². The molecule has 30 heavy (non-hydrogen) atoms. The molecule has 4 N–H and O–H groups in total. The number of guanidine groups is 1. The molecule has 0 aromatic heterocycles. The van der Waals surface area contributed by atoms with Crippen LogP contribution in [0.4, 0.5) is 10.1 Å². The van der Waals surface area contributed by atoms with E-state index < -0.39 is 23.9 Å². The fraction of sp³-hybridized carbons (Fsp3) is 0.550. The molecule has 2 aliphatic rings. The first kappa shape index (κ1) is 21.8. The van der Waals surface area contributed by atoms with Crippen molar-refractivity contribution in [2.45, 2.75) is 25.9 Å². The summed E-state index contributed by atoms with van der Waals surface area (Å²) >= 11 is 0. The lowest BCUT2D eigenvalue weighted by molar-refractivity contribution is -0.137. The van der Waals surface area contributed by atoms with E-state index >= 15 is 0 Å². The maximum Gasteiger partial charge on any atom is 0.306 e. The number of carbonyl (C=O) groups is 2. The van der Waals surface area contributed by atoms with Crippen molar-refractivity contribution in [2.75, 3.05) is 50.7 Å². The Bertz CT molecular complexity index is 795. The summed E-state index contributed by atoms with van der Waals surface area (Å²) in [6.45, 7) is 6.88. The lowest BCUT2D eigenvalue weighted by Crippen LogP contribution is -2.53. The van der Waals surface area contributed by atoms with Gasteiger partial charge in [-0.05, 0) is 31.2 Å². The van der Waals surface area contributed by atoms with Gasteiger partial charge in [0.15, 0.2) is 5.96 Å². The number of aliphatic imine (C=N–C) groups is 1. The Morgan fingerprint density at radius 2 is 2.00 bits per heavy atom. The third-order valence-corrected chi connectivity index (χ3v) is 5.14. The monoisotopic (exact) mass is 420 g/mol.